The largest absolute Gasteiger partial charge is 1.00 e. The van der Waals surface area contributed by atoms with Crippen molar-refractivity contribution in [1.29, 1.82) is 0 Å². The molecule has 0 radical (unpaired) electrons. The Labute approximate surface area is 123 Å². The van der Waals surface area contributed by atoms with Gasteiger partial charge in [-0.1, -0.05) is 6.42 Å². The predicted octanol–water partition coefficient (Wildman–Crippen LogP) is -3.02. The van der Waals surface area contributed by atoms with Crippen molar-refractivity contribution in [2.24, 2.45) is 5.92 Å². The molecule has 8 heteroatoms. The zero-order chi connectivity index (χ0) is 12.4. The summed E-state index contributed by atoms with van der Waals surface area (Å²) in [4.78, 5) is 8.97. The Hall–Kier alpha value is 0.340. The Morgan fingerprint density at radius 3 is 2.59 bits per heavy atom. The molecule has 0 aromatic heterocycles. The van der Waals surface area contributed by atoms with Crippen molar-refractivity contribution < 1.29 is 57.2 Å². The maximum atomic E-state index is 11.5. The fourth-order valence-electron chi connectivity index (χ4n) is 1.97. The molecule has 0 spiro atoms. The maximum Gasteiger partial charge on any atom is 1.00 e. The van der Waals surface area contributed by atoms with E-state index < -0.39 is 26.9 Å². The molecule has 1 rings (SSSR count). The monoisotopic (exact) mass is 274 g/mol. The zero-order valence-electron chi connectivity index (χ0n) is 10.0. The number of aliphatic hydroxyl groups is 1. The van der Waals surface area contributed by atoms with Crippen molar-refractivity contribution in [2.75, 3.05) is 6.61 Å². The SMILES string of the molecule is CCOC(=O)C1CCCCC1(O)S(=O)(=O)[O-].[Na+]. The summed E-state index contributed by atoms with van der Waals surface area (Å²) in [5.74, 6) is -2.08. The molecule has 1 fully saturated rings. The normalized spacial score (nSPS) is 29.2. The molecule has 0 aromatic carbocycles. The first kappa shape index (κ1) is 17.3. The average Bonchev–Trinajstić information content (AvgIpc) is 2.17. The summed E-state index contributed by atoms with van der Waals surface area (Å²) in [5, 5.41) is 9.86. The van der Waals surface area contributed by atoms with Gasteiger partial charge < -0.3 is 14.4 Å². The molecule has 0 aliphatic heterocycles. The van der Waals surface area contributed by atoms with Gasteiger partial charge in [-0.05, 0) is 26.2 Å². The van der Waals surface area contributed by atoms with Gasteiger partial charge >= 0.3 is 35.5 Å². The summed E-state index contributed by atoms with van der Waals surface area (Å²) in [6, 6.07) is 0. The van der Waals surface area contributed by atoms with Crippen molar-refractivity contribution >= 4 is 16.1 Å². The van der Waals surface area contributed by atoms with E-state index in [-0.39, 0.29) is 49.0 Å². The van der Waals surface area contributed by atoms with Crippen LogP contribution in [0, 0.1) is 5.92 Å². The molecule has 6 nitrogen and oxygen atoms in total. The molecule has 1 N–H and O–H groups in total. The molecule has 17 heavy (non-hydrogen) atoms. The van der Waals surface area contributed by atoms with Crippen LogP contribution in [-0.4, -0.2) is 35.6 Å². The second-order valence-electron chi connectivity index (χ2n) is 3.85. The van der Waals surface area contributed by atoms with E-state index in [9.17, 15) is 22.9 Å². The number of hydrogen-bond donors (Lipinski definition) is 1. The standard InChI is InChI=1S/C9H16O6S.Na/c1-2-15-8(10)7-5-3-4-6-9(7,11)16(12,13)14;/h7,11H,2-6H2,1H3,(H,12,13,14);/q;+1/p-1. The van der Waals surface area contributed by atoms with E-state index in [0.29, 0.717) is 12.8 Å². The van der Waals surface area contributed by atoms with E-state index in [4.69, 9.17) is 0 Å². The Bertz CT molecular complexity index is 368. The molecule has 2 atom stereocenters. The Morgan fingerprint density at radius 1 is 1.53 bits per heavy atom. The molecule has 0 bridgehead atoms. The van der Waals surface area contributed by atoms with E-state index >= 15 is 0 Å². The Morgan fingerprint density at radius 2 is 2.12 bits per heavy atom. The first-order valence-electron chi connectivity index (χ1n) is 5.17. The van der Waals surface area contributed by atoms with Gasteiger partial charge in [0.05, 0.1) is 12.5 Å². The van der Waals surface area contributed by atoms with Gasteiger partial charge in [-0.25, -0.2) is 8.42 Å². The summed E-state index contributed by atoms with van der Waals surface area (Å²) >= 11 is 0. The van der Waals surface area contributed by atoms with Gasteiger partial charge in [0.25, 0.3) is 0 Å². The number of ether oxygens (including phenoxy) is 1. The molecule has 94 valence electrons. The number of rotatable bonds is 3. The van der Waals surface area contributed by atoms with Gasteiger partial charge in [-0.15, -0.1) is 0 Å². The third-order valence-corrected chi connectivity index (χ3v) is 4.18. The first-order valence-corrected chi connectivity index (χ1v) is 6.58. The predicted molar refractivity (Wildman–Crippen MR) is 53.2 cm³/mol. The van der Waals surface area contributed by atoms with Crippen LogP contribution in [0.5, 0.6) is 0 Å². The summed E-state index contributed by atoms with van der Waals surface area (Å²) in [5.41, 5.74) is 0. The van der Waals surface area contributed by atoms with Crippen molar-refractivity contribution in [2.45, 2.75) is 37.5 Å². The van der Waals surface area contributed by atoms with Crippen LogP contribution in [-0.2, 0) is 19.6 Å². The van der Waals surface area contributed by atoms with Crippen LogP contribution in [0.25, 0.3) is 0 Å². The van der Waals surface area contributed by atoms with Crippen molar-refractivity contribution in [3.63, 3.8) is 0 Å². The van der Waals surface area contributed by atoms with Crippen LogP contribution in [0.3, 0.4) is 0 Å². The van der Waals surface area contributed by atoms with Gasteiger partial charge in [-0.3, -0.25) is 4.79 Å². The molecule has 1 saturated carbocycles. The van der Waals surface area contributed by atoms with Gasteiger partial charge in [0.1, 0.15) is 10.1 Å². The van der Waals surface area contributed by atoms with E-state index in [1.807, 2.05) is 0 Å². The molecular weight excluding hydrogens is 259 g/mol. The number of carbonyl (C=O) groups is 1. The van der Waals surface area contributed by atoms with Crippen LogP contribution in [0.15, 0.2) is 0 Å². The molecule has 1 aliphatic rings. The van der Waals surface area contributed by atoms with Crippen molar-refractivity contribution in [3.05, 3.63) is 0 Å². The number of esters is 1. The molecule has 0 saturated heterocycles. The smallest absolute Gasteiger partial charge is 0.746 e. The minimum atomic E-state index is -4.93. The van der Waals surface area contributed by atoms with Crippen molar-refractivity contribution in [3.8, 4) is 0 Å². The topological polar surface area (TPSA) is 104 Å². The average molecular weight is 274 g/mol. The zero-order valence-corrected chi connectivity index (χ0v) is 12.8. The quantitative estimate of drug-likeness (QED) is 0.334. The Balaban J connectivity index is 0.00000256. The molecule has 0 aromatic rings. The maximum absolute atomic E-state index is 11.5. The number of carbonyl (C=O) groups excluding carboxylic acids is 1. The van der Waals surface area contributed by atoms with Gasteiger partial charge in [0.2, 0.25) is 0 Å². The van der Waals surface area contributed by atoms with Crippen LogP contribution in [0.4, 0.5) is 0 Å². The molecule has 2 unspecified atom stereocenters. The molecule has 0 heterocycles. The Kier molecular flexibility index (Phi) is 6.62. The minimum Gasteiger partial charge on any atom is -0.746 e. The summed E-state index contributed by atoms with van der Waals surface area (Å²) < 4.78 is 37.7. The van der Waals surface area contributed by atoms with E-state index in [1.165, 1.54) is 0 Å². The van der Waals surface area contributed by atoms with Crippen LogP contribution in [0.2, 0.25) is 0 Å². The third kappa shape index (κ3) is 3.65. The summed E-state index contributed by atoms with van der Waals surface area (Å²) in [6.45, 7) is 1.66. The van der Waals surface area contributed by atoms with Crippen LogP contribution in [0.1, 0.15) is 32.6 Å². The molecular formula is C9H15NaO6S. The van der Waals surface area contributed by atoms with Gasteiger partial charge in [0.15, 0.2) is 4.93 Å². The second kappa shape index (κ2) is 6.49. The van der Waals surface area contributed by atoms with Gasteiger partial charge in [-0.2, -0.15) is 0 Å². The summed E-state index contributed by atoms with van der Waals surface area (Å²) in [6.07, 6.45) is 0.967. The number of hydrogen-bond acceptors (Lipinski definition) is 6. The van der Waals surface area contributed by atoms with E-state index in [1.54, 1.807) is 6.92 Å². The van der Waals surface area contributed by atoms with Gasteiger partial charge in [0, 0.05) is 0 Å². The van der Waals surface area contributed by atoms with Crippen LogP contribution >= 0.6 is 0 Å². The third-order valence-electron chi connectivity index (χ3n) is 2.83. The van der Waals surface area contributed by atoms with Crippen LogP contribution < -0.4 is 29.6 Å². The molecule has 1 aliphatic carbocycles. The van der Waals surface area contributed by atoms with E-state index in [2.05, 4.69) is 4.74 Å². The fourth-order valence-corrected chi connectivity index (χ4v) is 2.93. The van der Waals surface area contributed by atoms with E-state index in [0.717, 1.165) is 0 Å². The first-order chi connectivity index (χ1) is 7.33. The summed E-state index contributed by atoms with van der Waals surface area (Å²) in [7, 11) is -4.93. The minimum absolute atomic E-state index is 0. The van der Waals surface area contributed by atoms with Crippen molar-refractivity contribution in [1.82, 2.24) is 0 Å². The fraction of sp³-hybridized carbons (Fsp3) is 0.889. The second-order valence-corrected chi connectivity index (χ2v) is 5.46. The molecule has 0 amide bonds.